The van der Waals surface area contributed by atoms with Gasteiger partial charge in [-0.3, -0.25) is 0 Å². The topological polar surface area (TPSA) is 62.5 Å². The van der Waals surface area contributed by atoms with E-state index in [9.17, 15) is 4.79 Å². The highest BCUT2D eigenvalue weighted by atomic mass is 16.2. The third kappa shape index (κ3) is 2.21. The molecule has 1 atom stereocenters. The maximum absolute atomic E-state index is 12.2. The number of aromatic nitrogens is 3. The van der Waals surface area contributed by atoms with Crippen molar-refractivity contribution in [3.63, 3.8) is 0 Å². The molecular weight excluding hydrogens is 254 g/mol. The highest BCUT2D eigenvalue weighted by Gasteiger charge is 2.29. The van der Waals surface area contributed by atoms with E-state index in [1.54, 1.807) is 6.20 Å². The Morgan fingerprint density at radius 1 is 1.45 bits per heavy atom. The van der Waals surface area contributed by atoms with Crippen molar-refractivity contribution < 1.29 is 4.79 Å². The molecule has 3 heterocycles. The normalized spacial score (nSPS) is 19.2. The predicted molar refractivity (Wildman–Crippen MR) is 75.4 cm³/mol. The smallest absolute Gasteiger partial charge is 0.317 e. The minimum absolute atomic E-state index is 0.0150. The van der Waals surface area contributed by atoms with E-state index in [1.165, 1.54) is 6.33 Å². The summed E-state index contributed by atoms with van der Waals surface area (Å²) >= 11 is 0. The van der Waals surface area contributed by atoms with Crippen LogP contribution in [0.3, 0.4) is 0 Å². The van der Waals surface area contributed by atoms with E-state index in [2.05, 4.69) is 15.4 Å². The summed E-state index contributed by atoms with van der Waals surface area (Å²) in [4.78, 5) is 18.2. The lowest BCUT2D eigenvalue weighted by Crippen LogP contribution is -2.44. The Bertz CT molecular complexity index is 608. The van der Waals surface area contributed by atoms with Gasteiger partial charge in [-0.05, 0) is 38.3 Å². The Kier molecular flexibility index (Phi) is 3.54. The molecule has 1 N–H and O–H groups in total. The zero-order chi connectivity index (χ0) is 13.9. The molecule has 1 saturated heterocycles. The van der Waals surface area contributed by atoms with Gasteiger partial charge in [-0.25, -0.2) is 14.3 Å². The minimum atomic E-state index is 0.0150. The summed E-state index contributed by atoms with van der Waals surface area (Å²) in [6, 6.07) is 4.15. The number of amides is 2. The second-order valence-electron chi connectivity index (χ2n) is 5.04. The average Bonchev–Trinajstić information content (AvgIpc) is 2.91. The first-order chi connectivity index (χ1) is 9.81. The number of nitrogens with zero attached hydrogens (tertiary/aromatic N) is 4. The van der Waals surface area contributed by atoms with E-state index >= 15 is 0 Å². The molecule has 1 aliphatic heterocycles. The van der Waals surface area contributed by atoms with Crippen LogP contribution in [0.5, 0.6) is 0 Å². The molecule has 20 heavy (non-hydrogen) atoms. The molecule has 2 aromatic heterocycles. The maximum Gasteiger partial charge on any atom is 0.317 e. The Balaban J connectivity index is 1.95. The van der Waals surface area contributed by atoms with E-state index in [0.29, 0.717) is 6.54 Å². The highest BCUT2D eigenvalue weighted by molar-refractivity contribution is 5.74. The molecule has 6 nitrogen and oxygen atoms in total. The van der Waals surface area contributed by atoms with Crippen LogP contribution < -0.4 is 5.32 Å². The van der Waals surface area contributed by atoms with Gasteiger partial charge < -0.3 is 10.2 Å². The Hall–Kier alpha value is -2.11. The quantitative estimate of drug-likeness (QED) is 0.910. The molecule has 6 heteroatoms. The predicted octanol–water partition coefficient (Wildman–Crippen LogP) is 1.99. The second-order valence-corrected chi connectivity index (χ2v) is 5.04. The average molecular weight is 273 g/mol. The highest BCUT2D eigenvalue weighted by Crippen LogP contribution is 2.31. The van der Waals surface area contributed by atoms with Crippen LogP contribution in [0.25, 0.3) is 5.52 Å². The van der Waals surface area contributed by atoms with Crippen LogP contribution >= 0.6 is 0 Å². The van der Waals surface area contributed by atoms with E-state index in [0.717, 1.165) is 37.0 Å². The Morgan fingerprint density at radius 3 is 3.20 bits per heavy atom. The lowest BCUT2D eigenvalue weighted by atomic mass is 10.00. The molecule has 2 aromatic rings. The monoisotopic (exact) mass is 273 g/mol. The van der Waals surface area contributed by atoms with Crippen molar-refractivity contribution >= 4 is 11.5 Å². The summed E-state index contributed by atoms with van der Waals surface area (Å²) in [5.41, 5.74) is 2.03. The molecule has 1 aliphatic rings. The third-order valence-corrected chi connectivity index (χ3v) is 3.79. The molecule has 2 amide bonds. The van der Waals surface area contributed by atoms with E-state index in [4.69, 9.17) is 0 Å². The molecule has 0 bridgehead atoms. The summed E-state index contributed by atoms with van der Waals surface area (Å²) in [6.45, 7) is 3.39. The van der Waals surface area contributed by atoms with Gasteiger partial charge in [0.15, 0.2) is 0 Å². The van der Waals surface area contributed by atoms with Crippen molar-refractivity contribution in [2.24, 2.45) is 0 Å². The number of piperidine rings is 1. The standard InChI is InChI=1S/C14H19N5O/c1-2-16-14(20)18-8-4-3-5-12(18)13-7-6-11-9-15-10-17-19(11)13/h6-7,9-10,12H,2-5,8H2,1H3,(H,16,20). The first-order valence-corrected chi connectivity index (χ1v) is 7.13. The molecule has 3 rings (SSSR count). The summed E-state index contributed by atoms with van der Waals surface area (Å²) < 4.78 is 1.88. The lowest BCUT2D eigenvalue weighted by molar-refractivity contribution is 0.149. The van der Waals surface area contributed by atoms with Gasteiger partial charge >= 0.3 is 6.03 Å². The van der Waals surface area contributed by atoms with Crippen molar-refractivity contribution in [3.05, 3.63) is 30.4 Å². The number of fused-ring (bicyclic) bond motifs is 1. The first-order valence-electron chi connectivity index (χ1n) is 7.13. The molecule has 0 radical (unpaired) electrons. The number of nitrogens with one attached hydrogen (secondary N) is 1. The molecule has 1 fully saturated rings. The number of urea groups is 1. The van der Waals surface area contributed by atoms with Gasteiger partial charge in [-0.2, -0.15) is 5.10 Å². The zero-order valence-electron chi connectivity index (χ0n) is 11.6. The fourth-order valence-corrected chi connectivity index (χ4v) is 2.87. The van der Waals surface area contributed by atoms with Crippen molar-refractivity contribution in [2.45, 2.75) is 32.2 Å². The first kappa shape index (κ1) is 12.9. The number of hydrogen-bond donors (Lipinski definition) is 1. The molecule has 0 spiro atoms. The summed E-state index contributed by atoms with van der Waals surface area (Å²) in [5, 5.41) is 7.20. The number of carbonyl (C=O) groups excluding carboxylic acids is 1. The van der Waals surface area contributed by atoms with Crippen molar-refractivity contribution in [3.8, 4) is 0 Å². The maximum atomic E-state index is 12.2. The zero-order valence-corrected chi connectivity index (χ0v) is 11.6. The van der Waals surface area contributed by atoms with Gasteiger partial charge in [-0.1, -0.05) is 0 Å². The van der Waals surface area contributed by atoms with Gasteiger partial charge in [-0.15, -0.1) is 0 Å². The number of likely N-dealkylation sites (tertiary alicyclic amines) is 1. The lowest BCUT2D eigenvalue weighted by Gasteiger charge is -2.35. The van der Waals surface area contributed by atoms with E-state index in [-0.39, 0.29) is 12.1 Å². The van der Waals surface area contributed by atoms with Crippen LogP contribution in [0.15, 0.2) is 24.7 Å². The van der Waals surface area contributed by atoms with Crippen LogP contribution in [0.1, 0.15) is 37.9 Å². The van der Waals surface area contributed by atoms with Crippen LogP contribution in [0, 0.1) is 0 Å². The van der Waals surface area contributed by atoms with Gasteiger partial charge in [0, 0.05) is 13.1 Å². The SMILES string of the molecule is CCNC(=O)N1CCCCC1c1ccc2cncnn12. The fourth-order valence-electron chi connectivity index (χ4n) is 2.87. The van der Waals surface area contributed by atoms with Crippen molar-refractivity contribution in [1.29, 1.82) is 0 Å². The van der Waals surface area contributed by atoms with Gasteiger partial charge in [0.2, 0.25) is 0 Å². The van der Waals surface area contributed by atoms with Gasteiger partial charge in [0.05, 0.1) is 23.4 Å². The number of carbonyl (C=O) groups is 1. The number of hydrogen-bond acceptors (Lipinski definition) is 3. The molecule has 1 unspecified atom stereocenters. The largest absolute Gasteiger partial charge is 0.338 e. The van der Waals surface area contributed by atoms with Crippen LogP contribution in [0.2, 0.25) is 0 Å². The summed E-state index contributed by atoms with van der Waals surface area (Å²) in [5.74, 6) is 0. The molecule has 106 valence electrons. The second kappa shape index (κ2) is 5.48. The van der Waals surface area contributed by atoms with E-state index < -0.39 is 0 Å². The fraction of sp³-hybridized carbons (Fsp3) is 0.500. The van der Waals surface area contributed by atoms with Gasteiger partial charge in [0.1, 0.15) is 6.33 Å². The van der Waals surface area contributed by atoms with Crippen molar-refractivity contribution in [2.75, 3.05) is 13.1 Å². The van der Waals surface area contributed by atoms with Gasteiger partial charge in [0.25, 0.3) is 0 Å². The van der Waals surface area contributed by atoms with Crippen LogP contribution in [0.4, 0.5) is 4.79 Å². The van der Waals surface area contributed by atoms with Crippen molar-refractivity contribution in [1.82, 2.24) is 24.8 Å². The van der Waals surface area contributed by atoms with Crippen LogP contribution in [-0.2, 0) is 0 Å². The Morgan fingerprint density at radius 2 is 2.35 bits per heavy atom. The molecule has 0 aromatic carbocycles. The third-order valence-electron chi connectivity index (χ3n) is 3.79. The van der Waals surface area contributed by atoms with E-state index in [1.807, 2.05) is 28.5 Å². The molecule has 0 aliphatic carbocycles. The number of rotatable bonds is 2. The molecular formula is C14H19N5O. The minimum Gasteiger partial charge on any atom is -0.338 e. The summed E-state index contributed by atoms with van der Waals surface area (Å²) in [7, 11) is 0. The summed E-state index contributed by atoms with van der Waals surface area (Å²) in [6.07, 6.45) is 6.50. The van der Waals surface area contributed by atoms with Crippen LogP contribution in [-0.4, -0.2) is 38.6 Å². The Labute approximate surface area is 117 Å². The molecule has 0 saturated carbocycles.